The molecule has 316 valence electrons. The number of carbonyl (C=O) groups is 1. The maximum atomic E-state index is 15.5. The second-order valence-corrected chi connectivity index (χ2v) is 14.7. The van der Waals surface area contributed by atoms with Crippen LogP contribution in [0.1, 0.15) is 55.3 Å². The van der Waals surface area contributed by atoms with Crippen LogP contribution in [-0.4, -0.2) is 57.6 Å². The quantitative estimate of drug-likeness (QED) is 0.0580. The first kappa shape index (κ1) is 41.9. The Hall–Kier alpha value is -7.22. The molecule has 7 rings (SSSR count). The third-order valence-electron chi connectivity index (χ3n) is 10.0. The Bertz CT molecular complexity index is 2630. The van der Waals surface area contributed by atoms with E-state index in [1.807, 2.05) is 27.7 Å². The highest BCUT2D eigenvalue weighted by Gasteiger charge is 2.40. The van der Waals surface area contributed by atoms with E-state index in [0.717, 1.165) is 0 Å². The van der Waals surface area contributed by atoms with Crippen LogP contribution in [0, 0.1) is 10.1 Å². The fourth-order valence-electron chi connectivity index (χ4n) is 7.29. The van der Waals surface area contributed by atoms with Crippen LogP contribution in [0.4, 0.5) is 5.69 Å². The van der Waals surface area contributed by atoms with Crippen molar-refractivity contribution in [1.82, 2.24) is 0 Å². The molecular weight excluding hydrogens is 787 g/mol. The van der Waals surface area contributed by atoms with E-state index in [1.54, 1.807) is 80.9 Å². The highest BCUT2D eigenvalue weighted by Crippen LogP contribution is 2.53. The van der Waals surface area contributed by atoms with Crippen LogP contribution in [0.5, 0.6) is 40.2 Å². The third kappa shape index (κ3) is 8.47. The summed E-state index contributed by atoms with van der Waals surface area (Å²) >= 11 is 0. The minimum Gasteiger partial charge on any atom is -0.497 e. The van der Waals surface area contributed by atoms with Gasteiger partial charge < -0.3 is 42.3 Å². The van der Waals surface area contributed by atoms with E-state index in [9.17, 15) is 14.9 Å². The van der Waals surface area contributed by atoms with Gasteiger partial charge in [-0.2, -0.15) is 0 Å². The second kappa shape index (κ2) is 17.6. The highest BCUT2D eigenvalue weighted by atomic mass is 16.6. The fraction of sp³-hybridized carbons (Fsp3) is 0.277. The predicted octanol–water partition coefficient (Wildman–Crippen LogP) is 9.55. The van der Waals surface area contributed by atoms with Gasteiger partial charge in [-0.15, -0.1) is 0 Å². The molecule has 0 saturated carbocycles. The molecule has 0 bridgehead atoms. The van der Waals surface area contributed by atoms with Gasteiger partial charge in [0.05, 0.1) is 62.3 Å². The molecule has 6 aromatic rings. The summed E-state index contributed by atoms with van der Waals surface area (Å²) < 4.78 is 55.1. The van der Waals surface area contributed by atoms with Crippen LogP contribution >= 0.6 is 0 Å². The molecule has 2 heterocycles. The van der Waals surface area contributed by atoms with Crippen LogP contribution in [0.25, 0.3) is 33.4 Å². The summed E-state index contributed by atoms with van der Waals surface area (Å²) in [6.07, 6.45) is -2.36. The summed E-state index contributed by atoms with van der Waals surface area (Å²) in [7, 11) is 6.07. The number of nitro benzene ring substituents is 1. The number of fused-ring (bicyclic) bond motifs is 2. The Balaban J connectivity index is 1.50. The van der Waals surface area contributed by atoms with Crippen molar-refractivity contribution in [1.29, 1.82) is 0 Å². The van der Waals surface area contributed by atoms with Crippen LogP contribution < -0.4 is 38.6 Å². The third-order valence-corrected chi connectivity index (χ3v) is 10.0. The van der Waals surface area contributed by atoms with E-state index in [4.69, 9.17) is 42.3 Å². The minimum atomic E-state index is -0.960. The number of benzene rings is 5. The number of ether oxygens (including phenoxy) is 8. The zero-order valence-electron chi connectivity index (χ0n) is 34.9. The summed E-state index contributed by atoms with van der Waals surface area (Å²) in [5.74, 6) is 2.16. The molecular formula is C47H45NO13. The Morgan fingerprint density at radius 1 is 0.721 bits per heavy atom. The topological polar surface area (TPSA) is 164 Å². The van der Waals surface area contributed by atoms with Crippen molar-refractivity contribution in [2.45, 2.75) is 58.5 Å². The van der Waals surface area contributed by atoms with E-state index >= 15 is 4.79 Å². The first-order chi connectivity index (χ1) is 29.3. The molecule has 0 saturated heterocycles. The van der Waals surface area contributed by atoms with Gasteiger partial charge in [-0.05, 0) is 81.8 Å². The maximum absolute atomic E-state index is 15.5. The molecule has 14 nitrogen and oxygen atoms in total. The molecule has 0 amide bonds. The molecule has 0 spiro atoms. The van der Waals surface area contributed by atoms with Crippen LogP contribution in [-0.2, 0) is 11.2 Å². The molecule has 5 aromatic carbocycles. The lowest BCUT2D eigenvalue weighted by atomic mass is 9.88. The lowest BCUT2D eigenvalue weighted by Crippen LogP contribution is -2.35. The number of esters is 1. The van der Waals surface area contributed by atoms with Crippen molar-refractivity contribution in [2.75, 3.05) is 28.4 Å². The molecule has 1 aromatic heterocycles. The smallest absolute Gasteiger partial charge is 0.338 e. The Morgan fingerprint density at radius 2 is 1.34 bits per heavy atom. The fourth-order valence-corrected chi connectivity index (χ4v) is 7.29. The summed E-state index contributed by atoms with van der Waals surface area (Å²) in [6.45, 7) is 7.51. The number of carbonyl (C=O) groups excluding carboxylic acids is 1. The van der Waals surface area contributed by atoms with Gasteiger partial charge in [-0.1, -0.05) is 12.1 Å². The number of hydrogen-bond acceptors (Lipinski definition) is 13. The van der Waals surface area contributed by atoms with Gasteiger partial charge in [0.25, 0.3) is 5.69 Å². The van der Waals surface area contributed by atoms with Crippen LogP contribution in [0.2, 0.25) is 0 Å². The molecule has 1 aliphatic rings. The molecule has 0 N–H and O–H groups in total. The molecule has 0 fully saturated rings. The normalized spacial score (nSPS) is 14.5. The lowest BCUT2D eigenvalue weighted by Gasteiger charge is -2.36. The van der Waals surface area contributed by atoms with Crippen molar-refractivity contribution in [2.24, 2.45) is 0 Å². The van der Waals surface area contributed by atoms with Crippen molar-refractivity contribution in [3.05, 3.63) is 128 Å². The van der Waals surface area contributed by atoms with E-state index in [1.165, 1.54) is 38.5 Å². The lowest BCUT2D eigenvalue weighted by molar-refractivity contribution is -0.384. The standard InChI is InChI=1S/C47H45NO13/c1-25(2)57-33-21-37(58-26(3)4)40-38(22-33)59-45(28-13-19-32(54-6)20-14-28)42(43(40)49)41-36(56-8)24-35(55-7)34-23-39(60-47(50)29-9-15-30(16-10-29)48(51)52)44(61-46(34)41)27-11-17-31(53-5)18-12-27/h9-22,24-26,39,44H,23H2,1-8H3/t39-,44+/m0/s1. The van der Waals surface area contributed by atoms with Crippen molar-refractivity contribution >= 4 is 22.6 Å². The molecule has 61 heavy (non-hydrogen) atoms. The highest BCUT2D eigenvalue weighted by molar-refractivity contribution is 5.97. The monoisotopic (exact) mass is 831 g/mol. The van der Waals surface area contributed by atoms with Gasteiger partial charge in [0.15, 0.2) is 6.10 Å². The van der Waals surface area contributed by atoms with E-state index in [2.05, 4.69) is 0 Å². The van der Waals surface area contributed by atoms with Gasteiger partial charge in [0.2, 0.25) is 5.43 Å². The van der Waals surface area contributed by atoms with Gasteiger partial charge in [0, 0.05) is 47.9 Å². The first-order valence-electron chi connectivity index (χ1n) is 19.5. The average molecular weight is 832 g/mol. The zero-order valence-corrected chi connectivity index (χ0v) is 34.9. The molecule has 1 aliphatic heterocycles. The number of nitro groups is 1. The molecule has 0 aliphatic carbocycles. The van der Waals surface area contributed by atoms with Gasteiger partial charge in [-0.3, -0.25) is 14.9 Å². The summed E-state index contributed by atoms with van der Waals surface area (Å²) in [5.41, 5.74) is 1.72. The number of rotatable bonds is 14. The molecule has 2 atom stereocenters. The maximum Gasteiger partial charge on any atom is 0.338 e. The van der Waals surface area contributed by atoms with E-state index in [0.29, 0.717) is 39.7 Å². The SMILES string of the molecule is COc1ccc(-c2oc3cc(OC(C)C)cc(OC(C)C)c3c(=O)c2-c2c(OC)cc(OC)c3c2O[C@H](c2ccc(OC)cc2)[C@@H](OC(=O)c2ccc([N+](=O)[O-])cc2)C3)cc1. The Labute approximate surface area is 351 Å². The summed E-state index contributed by atoms with van der Waals surface area (Å²) in [5, 5.41) is 11.5. The van der Waals surface area contributed by atoms with Gasteiger partial charge in [-0.25, -0.2) is 4.79 Å². The number of hydrogen-bond donors (Lipinski definition) is 0. The molecule has 0 radical (unpaired) electrons. The summed E-state index contributed by atoms with van der Waals surface area (Å²) in [4.78, 5) is 40.0. The van der Waals surface area contributed by atoms with E-state index < -0.39 is 28.5 Å². The average Bonchev–Trinajstić information content (AvgIpc) is 3.25. The minimum absolute atomic E-state index is 0.0549. The van der Waals surface area contributed by atoms with Crippen molar-refractivity contribution in [3.8, 4) is 62.7 Å². The van der Waals surface area contributed by atoms with Crippen LogP contribution in [0.15, 0.2) is 100 Å². The molecule has 0 unspecified atom stereocenters. The predicted molar refractivity (Wildman–Crippen MR) is 227 cm³/mol. The van der Waals surface area contributed by atoms with Gasteiger partial charge >= 0.3 is 5.97 Å². The van der Waals surface area contributed by atoms with Crippen LogP contribution in [0.3, 0.4) is 0 Å². The second-order valence-electron chi connectivity index (χ2n) is 14.7. The van der Waals surface area contributed by atoms with Crippen molar-refractivity contribution < 1.29 is 52.0 Å². The number of methoxy groups -OCH3 is 4. The Kier molecular flexibility index (Phi) is 12.1. The molecule has 14 heteroatoms. The van der Waals surface area contributed by atoms with E-state index in [-0.39, 0.29) is 75.0 Å². The number of non-ortho nitro benzene ring substituents is 1. The largest absolute Gasteiger partial charge is 0.497 e. The van der Waals surface area contributed by atoms with Gasteiger partial charge in [0.1, 0.15) is 63.1 Å². The Morgan fingerprint density at radius 3 is 1.92 bits per heavy atom. The first-order valence-corrected chi connectivity index (χ1v) is 19.5. The van der Waals surface area contributed by atoms with Crippen molar-refractivity contribution in [3.63, 3.8) is 0 Å². The summed E-state index contributed by atoms with van der Waals surface area (Å²) in [6, 6.07) is 24.3. The zero-order chi connectivity index (χ0) is 43.5. The number of nitrogens with zero attached hydrogens (tertiary/aromatic N) is 1.